The van der Waals surface area contributed by atoms with Crippen molar-refractivity contribution in [1.29, 1.82) is 0 Å². The highest BCUT2D eigenvalue weighted by Gasteiger charge is 2.29. The number of carbonyl (C=O) groups excluding carboxylic acids is 9. The molecule has 0 saturated carbocycles. The molecule has 1 atom stereocenters. The number of nitro groups is 1. The maximum atomic E-state index is 13.3. The number of carboxylic acid groups (broad SMARTS) is 3. The first-order chi connectivity index (χ1) is 49.9. The predicted molar refractivity (Wildman–Crippen MR) is 405 cm³/mol. The van der Waals surface area contributed by atoms with Gasteiger partial charge in [-0.2, -0.15) is 0 Å². The summed E-state index contributed by atoms with van der Waals surface area (Å²) in [5.74, 6) is -10.8. The van der Waals surface area contributed by atoms with Gasteiger partial charge in [-0.3, -0.25) is 58.1 Å². The summed E-state index contributed by atoms with van der Waals surface area (Å²) in [5.41, 5.74) is 10.4. The molecule has 5 rings (SSSR count). The van der Waals surface area contributed by atoms with E-state index in [0.717, 1.165) is 30.3 Å². The molecule has 0 heterocycles. The lowest BCUT2D eigenvalue weighted by Crippen LogP contribution is -2.37. The number of Topliss-reactive ketones (excluding diaryl/α,β-unsaturated/α-hetero) is 6. The molecule has 8 N–H and O–H groups in total. The van der Waals surface area contributed by atoms with Crippen LogP contribution in [0.1, 0.15) is 197 Å². The molecule has 1 amide bonds. The van der Waals surface area contributed by atoms with E-state index in [-0.39, 0.29) is 130 Å². The second-order valence-corrected chi connectivity index (χ2v) is 28.8. The normalized spacial score (nSPS) is 10.8. The van der Waals surface area contributed by atoms with Crippen LogP contribution in [-0.4, -0.2) is 124 Å². The van der Waals surface area contributed by atoms with Crippen LogP contribution in [0.4, 0.5) is 28.9 Å². The number of sulfone groups is 1. The zero-order valence-corrected chi connectivity index (χ0v) is 65.8. The lowest BCUT2D eigenvalue weighted by atomic mass is 9.96. The fraction of sp³-hybridized carbons (Fsp3) is 0.443. The fourth-order valence-corrected chi connectivity index (χ4v) is 8.37. The summed E-state index contributed by atoms with van der Waals surface area (Å²) in [7, 11) is -3.34. The lowest BCUT2D eigenvalue weighted by Gasteiger charge is -2.10. The minimum Gasteiger partial charge on any atom is -0.481 e. The maximum absolute atomic E-state index is 13.3. The Bertz CT molecular complexity index is 3810. The van der Waals surface area contributed by atoms with Crippen molar-refractivity contribution in [1.82, 2.24) is 0 Å². The number of benzene rings is 5. The van der Waals surface area contributed by atoms with Crippen LogP contribution in [0.25, 0.3) is 0 Å². The van der Waals surface area contributed by atoms with Crippen molar-refractivity contribution >= 4 is 92.0 Å². The number of hydrogen-bond acceptors (Lipinski definition) is 19. The van der Waals surface area contributed by atoms with Crippen molar-refractivity contribution in [2.45, 2.75) is 173 Å². The van der Waals surface area contributed by atoms with E-state index in [0.29, 0.717) is 19.3 Å². The third-order valence-corrected chi connectivity index (χ3v) is 16.3. The van der Waals surface area contributed by atoms with Crippen LogP contribution in [0.5, 0.6) is 0 Å². The highest BCUT2D eigenvalue weighted by atomic mass is 32.2. The number of nitrogens with one attached hydrogen (secondary N) is 1. The number of halogens is 4. The Morgan fingerprint density at radius 2 is 0.972 bits per heavy atom. The summed E-state index contributed by atoms with van der Waals surface area (Å²) in [4.78, 5) is 139. The van der Waals surface area contributed by atoms with Crippen LogP contribution in [0.3, 0.4) is 0 Å². The van der Waals surface area contributed by atoms with E-state index in [1.807, 2.05) is 116 Å². The molecule has 0 saturated heterocycles. The van der Waals surface area contributed by atoms with Gasteiger partial charge in [-0.15, -0.1) is 0 Å². The molecule has 598 valence electrons. The standard InChI is InChI=1S/C11H10F4O.C11H12O3.C10H13NO.C10H12O.C9H11NO4S.C9H16O3.C7H13NO3.C7H10O3.C5H11NO/c1-4(2)11(16)6-9(14)7(12)5(3)8(13)10(6)15;1-7(2)10(12)8-5-3-4-6-9(8)11(13)14;1-8(2)10(12)11-9-6-4-3-5-7-9;1-8(2)10(11)9-6-4-3-5-7-9;1-7(2)15(13,14)9-5-3-8(4-6-9)10(11)12;1-7(2)8(10)5-3-4-6-9(11)12;1-5(2)7(10)6(8)3-11-4-9;1-5(2)6(8)3-4-7(9)10;1-4(2)5(7)3-6/h4H,1-3H3;3-7H,1-2H3,(H,13,14);3-8H,1-2H3,(H,11,12);3-8H,1-2H3;3-7H,1-2H3;7H,3-6H2,1-2H3,(H,11,12);4-6H,3,8H2,1-2H3;3-5H,1-2H3,(H,9,10);4H,3,6H2,1-2H3/b;;;;;;;4-3-;/t;;;;;;6-;;/m......0../s1. The van der Waals surface area contributed by atoms with E-state index < -0.39 is 90.1 Å². The van der Waals surface area contributed by atoms with Gasteiger partial charge in [0.1, 0.15) is 18.2 Å². The van der Waals surface area contributed by atoms with Crippen molar-refractivity contribution in [3.63, 3.8) is 0 Å². The second-order valence-electron chi connectivity index (χ2n) is 26.3. The highest BCUT2D eigenvalue weighted by molar-refractivity contribution is 7.92. The van der Waals surface area contributed by atoms with Gasteiger partial charge in [0, 0.05) is 101 Å². The van der Waals surface area contributed by atoms with E-state index in [1.165, 1.54) is 44.2 Å². The number of allylic oxidation sites excluding steroid dienone is 1. The predicted octanol–water partition coefficient (Wildman–Crippen LogP) is 14.8. The Labute approximate surface area is 631 Å². The number of carboxylic acids is 3. The van der Waals surface area contributed by atoms with Gasteiger partial charge in [0.05, 0.1) is 38.8 Å². The van der Waals surface area contributed by atoms with Crippen LogP contribution >= 0.6 is 0 Å². The summed E-state index contributed by atoms with van der Waals surface area (Å²) in [6.45, 7) is 32.7. The minimum absolute atomic E-state index is 0.0273. The molecule has 108 heavy (non-hydrogen) atoms. The molecule has 0 radical (unpaired) electrons. The molecule has 0 aromatic heterocycles. The number of aliphatic carboxylic acids is 2. The number of para-hydroxylation sites is 1. The van der Waals surface area contributed by atoms with E-state index in [4.69, 9.17) is 26.8 Å². The van der Waals surface area contributed by atoms with Crippen LogP contribution in [0.2, 0.25) is 0 Å². The van der Waals surface area contributed by atoms with Crippen molar-refractivity contribution in [3.8, 4) is 0 Å². The van der Waals surface area contributed by atoms with Gasteiger partial charge in [0.25, 0.3) is 12.2 Å². The minimum atomic E-state index is -3.34. The number of hydrogen-bond donors (Lipinski definition) is 6. The van der Waals surface area contributed by atoms with Crippen molar-refractivity contribution < 1.29 is 108 Å². The smallest absolute Gasteiger partial charge is 0.336 e. The number of carbonyl (C=O) groups is 12. The lowest BCUT2D eigenvalue weighted by molar-refractivity contribution is -0.384. The van der Waals surface area contributed by atoms with Crippen molar-refractivity contribution in [3.05, 3.63) is 183 Å². The van der Waals surface area contributed by atoms with Gasteiger partial charge in [-0.1, -0.05) is 178 Å². The third-order valence-electron chi connectivity index (χ3n) is 14.1. The van der Waals surface area contributed by atoms with Crippen molar-refractivity contribution in [2.75, 3.05) is 18.5 Å². The first-order valence-corrected chi connectivity index (χ1v) is 35.9. The molecule has 0 fully saturated rings. The summed E-state index contributed by atoms with van der Waals surface area (Å²) < 4.78 is 80.5. The van der Waals surface area contributed by atoms with Gasteiger partial charge in [0.15, 0.2) is 62.0 Å². The number of ketones is 7. The van der Waals surface area contributed by atoms with Crippen molar-refractivity contribution in [2.24, 2.45) is 58.8 Å². The zero-order valence-electron chi connectivity index (χ0n) is 64.9. The number of anilines is 1. The van der Waals surface area contributed by atoms with E-state index in [1.54, 1.807) is 73.6 Å². The Morgan fingerprint density at radius 1 is 0.537 bits per heavy atom. The number of nitrogens with two attached hydrogens (primary N) is 2. The number of nitro benzene ring substituents is 1. The SMILES string of the molecule is CC(C)C(=O)/C=C\C(=O)O.CC(C)C(=O)CCCCC(=O)O.CC(C)C(=O)CN.CC(C)C(=O)Nc1ccccc1.CC(C)C(=O)[C@@H](N)COC=O.CC(C)C(=O)c1ccccc1.CC(C)C(=O)c1ccccc1C(=O)O.CC(C)S(=O)(=O)c1ccc([N+](=O)[O-])cc1.Cc1c(F)c(F)c(C(=O)C(C)C)c(F)c1F. The van der Waals surface area contributed by atoms with Crippen LogP contribution < -0.4 is 16.8 Å². The molecule has 0 aliphatic heterocycles. The van der Waals surface area contributed by atoms with E-state index in [9.17, 15) is 93.6 Å². The molecular formula is C79H108F4N4O20S. The molecule has 0 spiro atoms. The Balaban J connectivity index is -0.000000568. The summed E-state index contributed by atoms with van der Waals surface area (Å²) in [6, 6.07) is 29.3. The molecule has 0 bridgehead atoms. The van der Waals surface area contributed by atoms with E-state index >= 15 is 0 Å². The molecular weight excluding hydrogens is 1430 g/mol. The number of rotatable bonds is 28. The van der Waals surface area contributed by atoms with Crippen LogP contribution in [0.15, 0.2) is 126 Å². The van der Waals surface area contributed by atoms with E-state index in [2.05, 4.69) is 10.1 Å². The molecule has 24 nitrogen and oxygen atoms in total. The second kappa shape index (κ2) is 55.3. The Kier molecular flexibility index (Phi) is 53.4. The fourth-order valence-electron chi connectivity index (χ4n) is 7.31. The number of nitrogens with zero attached hydrogens (tertiary/aromatic N) is 1. The first kappa shape index (κ1) is 104. The molecule has 0 unspecified atom stereocenters. The number of unbranched alkanes of at least 4 members (excludes halogenated alkanes) is 1. The highest BCUT2D eigenvalue weighted by Crippen LogP contribution is 2.26. The quantitative estimate of drug-likeness (QED) is 0.00396. The summed E-state index contributed by atoms with van der Waals surface area (Å²) in [5, 5.41) is 37.9. The maximum Gasteiger partial charge on any atom is 0.336 e. The number of amides is 1. The average Bonchev–Trinajstić information content (AvgIpc) is 0.784. The van der Waals surface area contributed by atoms with Gasteiger partial charge in [-0.05, 0) is 70.0 Å². The topological polar surface area (TPSA) is 416 Å². The largest absolute Gasteiger partial charge is 0.481 e. The first-order valence-electron chi connectivity index (χ1n) is 34.4. The number of non-ortho nitro benzene ring substituents is 1. The van der Waals surface area contributed by atoms with Gasteiger partial charge >= 0.3 is 17.9 Å². The monoisotopic (exact) mass is 1540 g/mol. The average molecular weight is 1540 g/mol. The van der Waals surface area contributed by atoms with Crippen LogP contribution in [-0.2, 0) is 52.9 Å². The van der Waals surface area contributed by atoms with Gasteiger partial charge < -0.3 is 36.8 Å². The Morgan fingerprint density at radius 3 is 1.32 bits per heavy atom. The van der Waals surface area contributed by atoms with Crippen LogP contribution in [0, 0.1) is 87.7 Å². The molecule has 5 aromatic carbocycles. The number of ether oxygens (including phenoxy) is 1. The summed E-state index contributed by atoms with van der Waals surface area (Å²) in [6.07, 6.45) is 3.92. The molecule has 0 aliphatic carbocycles. The molecule has 0 aliphatic rings. The van der Waals surface area contributed by atoms with Gasteiger partial charge in [0.2, 0.25) is 5.91 Å². The Hall–Kier alpha value is -10.1. The number of aromatic carboxylic acids is 1. The third kappa shape index (κ3) is 43.5. The zero-order chi connectivity index (χ0) is 84.6. The molecule has 29 heteroatoms. The molecule has 5 aromatic rings. The summed E-state index contributed by atoms with van der Waals surface area (Å²) >= 11 is 0. The van der Waals surface area contributed by atoms with Gasteiger partial charge in [-0.25, -0.2) is 35.6 Å².